The highest BCUT2D eigenvalue weighted by Crippen LogP contribution is 2.25. The zero-order valence-corrected chi connectivity index (χ0v) is 18.2. The predicted octanol–water partition coefficient (Wildman–Crippen LogP) is 3.61. The number of methoxy groups -OCH3 is 1. The summed E-state index contributed by atoms with van der Waals surface area (Å²) in [6.07, 6.45) is 1.46. The Kier molecular flexibility index (Phi) is 5.86. The molecule has 0 aliphatic carbocycles. The van der Waals surface area contributed by atoms with Gasteiger partial charge < -0.3 is 15.0 Å². The summed E-state index contributed by atoms with van der Waals surface area (Å²) >= 11 is 4.49. The van der Waals surface area contributed by atoms with Crippen molar-refractivity contribution in [3.63, 3.8) is 0 Å². The summed E-state index contributed by atoms with van der Waals surface area (Å²) in [5.74, 6) is 0.490. The largest absolute Gasteiger partial charge is 0.494 e. The average Bonchev–Trinajstić information content (AvgIpc) is 3.18. The standard InChI is InChI=1S/C20H16BrN5O3S/c1-29-16-5-3-2-4-15(16)26-18-14(10-22-26)19(28)25-20(24-18)30-11-17(27)23-13-8-6-12(21)7-9-13/h2-10H,11H2,1H3,(H,23,27)(H,24,25,28). The number of H-pyrrole nitrogens is 1. The Hall–Kier alpha value is -3.11. The van der Waals surface area contributed by atoms with E-state index in [4.69, 9.17) is 4.74 Å². The zero-order valence-electron chi connectivity index (χ0n) is 15.8. The first-order valence-corrected chi connectivity index (χ1v) is 10.6. The van der Waals surface area contributed by atoms with Crippen LogP contribution in [0.3, 0.4) is 0 Å². The van der Waals surface area contributed by atoms with E-state index in [0.717, 1.165) is 16.2 Å². The maximum Gasteiger partial charge on any atom is 0.262 e. The van der Waals surface area contributed by atoms with Crippen LogP contribution in [0, 0.1) is 0 Å². The molecular formula is C20H16BrN5O3S. The number of halogens is 1. The number of carbonyl (C=O) groups is 1. The van der Waals surface area contributed by atoms with Crippen molar-refractivity contribution >= 4 is 50.3 Å². The van der Waals surface area contributed by atoms with Gasteiger partial charge in [-0.1, -0.05) is 39.8 Å². The van der Waals surface area contributed by atoms with Crippen molar-refractivity contribution in [2.45, 2.75) is 5.16 Å². The summed E-state index contributed by atoms with van der Waals surface area (Å²) in [5, 5.41) is 7.78. The van der Waals surface area contributed by atoms with E-state index in [9.17, 15) is 9.59 Å². The van der Waals surface area contributed by atoms with Crippen LogP contribution in [0.5, 0.6) is 5.75 Å². The smallest absolute Gasteiger partial charge is 0.262 e. The third-order valence-electron chi connectivity index (χ3n) is 4.20. The van der Waals surface area contributed by atoms with Gasteiger partial charge in [0.1, 0.15) is 16.8 Å². The van der Waals surface area contributed by atoms with Crippen molar-refractivity contribution in [3.8, 4) is 11.4 Å². The number of nitrogens with zero attached hydrogens (tertiary/aromatic N) is 3. The minimum absolute atomic E-state index is 0.0906. The number of para-hydroxylation sites is 2. The lowest BCUT2D eigenvalue weighted by atomic mass is 10.3. The first-order chi connectivity index (χ1) is 14.5. The van der Waals surface area contributed by atoms with Gasteiger partial charge in [0, 0.05) is 10.2 Å². The van der Waals surface area contributed by atoms with Crippen LogP contribution in [0.25, 0.3) is 16.7 Å². The van der Waals surface area contributed by atoms with E-state index in [1.54, 1.807) is 30.0 Å². The Bertz CT molecular complexity index is 1270. The SMILES string of the molecule is COc1ccccc1-n1ncc2c(=O)[nH]c(SCC(=O)Nc3ccc(Br)cc3)nc21. The molecule has 0 saturated carbocycles. The first kappa shape index (κ1) is 20.2. The maximum atomic E-state index is 12.5. The lowest BCUT2D eigenvalue weighted by Gasteiger charge is -2.09. The molecule has 2 aromatic carbocycles. The molecule has 4 rings (SSSR count). The number of aromatic nitrogens is 4. The van der Waals surface area contributed by atoms with Crippen molar-refractivity contribution < 1.29 is 9.53 Å². The van der Waals surface area contributed by atoms with Crippen LogP contribution in [0.2, 0.25) is 0 Å². The lowest BCUT2D eigenvalue weighted by Crippen LogP contribution is -2.15. The predicted molar refractivity (Wildman–Crippen MR) is 120 cm³/mol. The second-order valence-corrected chi connectivity index (χ2v) is 8.06. The third kappa shape index (κ3) is 4.24. The summed E-state index contributed by atoms with van der Waals surface area (Å²) in [4.78, 5) is 31.9. The highest BCUT2D eigenvalue weighted by atomic mass is 79.9. The molecule has 30 heavy (non-hydrogen) atoms. The van der Waals surface area contributed by atoms with Gasteiger partial charge in [-0.2, -0.15) is 5.10 Å². The number of hydrogen-bond donors (Lipinski definition) is 2. The van der Waals surface area contributed by atoms with E-state index < -0.39 is 0 Å². The minimum atomic E-state index is -0.322. The number of fused-ring (bicyclic) bond motifs is 1. The Balaban J connectivity index is 1.57. The van der Waals surface area contributed by atoms with Crippen molar-refractivity contribution in [1.29, 1.82) is 0 Å². The molecular weight excluding hydrogens is 470 g/mol. The quantitative estimate of drug-likeness (QED) is 0.319. The summed E-state index contributed by atoms with van der Waals surface area (Å²) in [6, 6.07) is 14.6. The van der Waals surface area contributed by atoms with Crippen molar-refractivity contribution in [3.05, 3.63) is 69.6 Å². The summed E-state index contributed by atoms with van der Waals surface area (Å²) in [6.45, 7) is 0. The molecule has 0 aliphatic rings. The van der Waals surface area contributed by atoms with Crippen LogP contribution in [0.4, 0.5) is 5.69 Å². The molecule has 2 heterocycles. The normalized spacial score (nSPS) is 10.9. The van der Waals surface area contributed by atoms with Gasteiger partial charge in [0.25, 0.3) is 5.56 Å². The molecule has 0 fully saturated rings. The number of rotatable bonds is 6. The van der Waals surface area contributed by atoms with Crippen LogP contribution in [-0.4, -0.2) is 38.5 Å². The van der Waals surface area contributed by atoms with Gasteiger partial charge in [0.15, 0.2) is 10.8 Å². The monoisotopic (exact) mass is 485 g/mol. The first-order valence-electron chi connectivity index (χ1n) is 8.85. The van der Waals surface area contributed by atoms with E-state index >= 15 is 0 Å². The molecule has 2 aromatic heterocycles. The zero-order chi connectivity index (χ0) is 21.1. The van der Waals surface area contributed by atoms with Gasteiger partial charge in [-0.15, -0.1) is 0 Å². The van der Waals surface area contributed by atoms with Crippen LogP contribution < -0.4 is 15.6 Å². The fourth-order valence-corrected chi connectivity index (χ4v) is 3.73. The van der Waals surface area contributed by atoms with E-state index in [2.05, 4.69) is 36.3 Å². The Labute approximate surface area is 183 Å². The van der Waals surface area contributed by atoms with Crippen LogP contribution in [-0.2, 0) is 4.79 Å². The summed E-state index contributed by atoms with van der Waals surface area (Å²) in [7, 11) is 1.57. The molecule has 0 spiro atoms. The second-order valence-electron chi connectivity index (χ2n) is 6.18. The fourth-order valence-electron chi connectivity index (χ4n) is 2.81. The highest BCUT2D eigenvalue weighted by Gasteiger charge is 2.15. The Morgan fingerprint density at radius 3 is 2.77 bits per heavy atom. The van der Waals surface area contributed by atoms with Crippen LogP contribution in [0.1, 0.15) is 0 Å². The van der Waals surface area contributed by atoms with Crippen molar-refractivity contribution in [1.82, 2.24) is 19.7 Å². The molecule has 2 N–H and O–H groups in total. The maximum absolute atomic E-state index is 12.5. The Morgan fingerprint density at radius 1 is 1.23 bits per heavy atom. The van der Waals surface area contributed by atoms with Crippen LogP contribution >= 0.6 is 27.7 Å². The van der Waals surface area contributed by atoms with E-state index in [1.807, 2.05) is 30.3 Å². The molecule has 0 saturated heterocycles. The molecule has 152 valence electrons. The van der Waals surface area contributed by atoms with Crippen molar-refractivity contribution in [2.75, 3.05) is 18.2 Å². The lowest BCUT2D eigenvalue weighted by molar-refractivity contribution is -0.113. The molecule has 0 radical (unpaired) electrons. The number of benzene rings is 2. The number of thioether (sulfide) groups is 1. The van der Waals surface area contributed by atoms with Gasteiger partial charge in [-0.25, -0.2) is 9.67 Å². The molecule has 0 aliphatic heterocycles. The number of ether oxygens (including phenoxy) is 1. The van der Waals surface area contributed by atoms with Crippen LogP contribution in [0.15, 0.2) is 69.2 Å². The number of amides is 1. The fraction of sp³-hybridized carbons (Fsp3) is 0.100. The average molecular weight is 486 g/mol. The van der Waals surface area contributed by atoms with Gasteiger partial charge in [0.2, 0.25) is 5.91 Å². The topological polar surface area (TPSA) is 102 Å². The van der Waals surface area contributed by atoms with Crippen molar-refractivity contribution in [2.24, 2.45) is 0 Å². The minimum Gasteiger partial charge on any atom is -0.494 e. The molecule has 0 unspecified atom stereocenters. The van der Waals surface area contributed by atoms with Gasteiger partial charge in [-0.05, 0) is 36.4 Å². The third-order valence-corrected chi connectivity index (χ3v) is 5.60. The van der Waals surface area contributed by atoms with Gasteiger partial charge in [0.05, 0.1) is 19.1 Å². The molecule has 10 heteroatoms. The van der Waals surface area contributed by atoms with E-state index in [0.29, 0.717) is 33.3 Å². The molecule has 4 aromatic rings. The van der Waals surface area contributed by atoms with E-state index in [-0.39, 0.29) is 17.2 Å². The number of aromatic amines is 1. The number of hydrogen-bond acceptors (Lipinski definition) is 6. The van der Waals surface area contributed by atoms with Gasteiger partial charge in [-0.3, -0.25) is 9.59 Å². The summed E-state index contributed by atoms with van der Waals surface area (Å²) in [5.41, 5.74) is 1.42. The number of carbonyl (C=O) groups excluding carboxylic acids is 1. The molecule has 0 bridgehead atoms. The molecule has 8 nitrogen and oxygen atoms in total. The summed E-state index contributed by atoms with van der Waals surface area (Å²) < 4.78 is 7.86. The Morgan fingerprint density at radius 2 is 2.00 bits per heavy atom. The molecule has 1 amide bonds. The van der Waals surface area contributed by atoms with E-state index in [1.165, 1.54) is 6.20 Å². The number of anilines is 1. The van der Waals surface area contributed by atoms with Gasteiger partial charge >= 0.3 is 0 Å². The number of nitrogens with one attached hydrogen (secondary N) is 2. The molecule has 0 atom stereocenters. The second kappa shape index (κ2) is 8.72. The highest BCUT2D eigenvalue weighted by molar-refractivity contribution is 9.10.